The van der Waals surface area contributed by atoms with E-state index in [0.29, 0.717) is 0 Å². The molecule has 4 heteroatoms. The molecule has 1 N–H and O–H groups in total. The third-order valence-corrected chi connectivity index (χ3v) is 4.66. The molecule has 0 saturated heterocycles. The molecule has 1 aromatic carbocycles. The number of nitrogens with one attached hydrogen (secondary N) is 1. The van der Waals surface area contributed by atoms with Crippen LogP contribution in [-0.2, 0) is 0 Å². The van der Waals surface area contributed by atoms with Crippen molar-refractivity contribution in [3.63, 3.8) is 0 Å². The first-order valence-electron chi connectivity index (χ1n) is 5.84. The van der Waals surface area contributed by atoms with Crippen molar-refractivity contribution in [1.29, 1.82) is 0 Å². The van der Waals surface area contributed by atoms with E-state index in [4.69, 9.17) is 11.6 Å². The number of halogens is 1. The zero-order valence-electron chi connectivity index (χ0n) is 10.7. The molecule has 1 amide bonds. The second-order valence-corrected chi connectivity index (χ2v) is 6.50. The fourth-order valence-electron chi connectivity index (χ4n) is 1.61. The normalized spacial score (nSPS) is 13.6. The smallest absolute Gasteiger partial charge is 0.253 e. The van der Waals surface area contributed by atoms with E-state index in [1.807, 2.05) is 50.4 Å². The number of amides is 1. The molecule has 0 aliphatic rings. The molecule has 1 atom stereocenters. The molecule has 1 unspecified atom stereocenters. The molecule has 2 nitrogen and oxygen atoms in total. The van der Waals surface area contributed by atoms with Crippen molar-refractivity contribution in [2.24, 2.45) is 0 Å². The maximum Gasteiger partial charge on any atom is 0.253 e. The molecule has 96 valence electrons. The Labute approximate surface area is 116 Å². The fraction of sp³-hybridized carbons (Fsp3) is 0.357. The molecule has 0 aliphatic heterocycles. The van der Waals surface area contributed by atoms with Crippen molar-refractivity contribution in [3.8, 4) is 0 Å². The highest BCUT2D eigenvalue weighted by Crippen LogP contribution is 2.26. The van der Waals surface area contributed by atoms with Crippen molar-refractivity contribution >= 4 is 38.9 Å². The number of carbonyl (C=O) groups is 1. The Kier molecular flexibility index (Phi) is 3.64. The number of alkyl halides is 1. The summed E-state index contributed by atoms with van der Waals surface area (Å²) in [6, 6.07) is 7.91. The standard InChI is InChI=1S/C14H16ClNOS/c1-9(15)14(2,3)16-13(17)11-8-18-12-7-5-4-6-10(11)12/h4-9H,1-3H3,(H,16,17). The summed E-state index contributed by atoms with van der Waals surface area (Å²) in [7, 11) is 0. The summed E-state index contributed by atoms with van der Waals surface area (Å²) in [6.45, 7) is 5.74. The highest BCUT2D eigenvalue weighted by Gasteiger charge is 2.27. The van der Waals surface area contributed by atoms with Gasteiger partial charge in [0.1, 0.15) is 0 Å². The Bertz CT molecular complexity index is 574. The predicted molar refractivity (Wildman–Crippen MR) is 78.7 cm³/mol. The first kappa shape index (κ1) is 13.4. The minimum absolute atomic E-state index is 0.0649. The molecule has 0 fully saturated rings. The van der Waals surface area contributed by atoms with Crippen molar-refractivity contribution < 1.29 is 4.79 Å². The highest BCUT2D eigenvalue weighted by molar-refractivity contribution is 7.17. The Balaban J connectivity index is 2.30. The van der Waals surface area contributed by atoms with Crippen LogP contribution in [0, 0.1) is 0 Å². The summed E-state index contributed by atoms with van der Waals surface area (Å²) < 4.78 is 1.12. The van der Waals surface area contributed by atoms with Gasteiger partial charge in [-0.1, -0.05) is 18.2 Å². The van der Waals surface area contributed by atoms with E-state index in [1.54, 1.807) is 11.3 Å². The van der Waals surface area contributed by atoms with E-state index in [1.165, 1.54) is 0 Å². The predicted octanol–water partition coefficient (Wildman–Crippen LogP) is 4.04. The molecule has 0 bridgehead atoms. The molecule has 2 rings (SSSR count). The van der Waals surface area contributed by atoms with E-state index < -0.39 is 5.54 Å². The number of carbonyl (C=O) groups excluding carboxylic acids is 1. The topological polar surface area (TPSA) is 29.1 Å². The minimum atomic E-state index is -0.429. The van der Waals surface area contributed by atoms with Crippen LogP contribution >= 0.6 is 22.9 Å². The molecule has 0 spiro atoms. The average Bonchev–Trinajstić information content (AvgIpc) is 2.71. The lowest BCUT2D eigenvalue weighted by molar-refractivity contribution is 0.0914. The monoisotopic (exact) mass is 281 g/mol. The third kappa shape index (κ3) is 2.52. The van der Waals surface area contributed by atoms with Crippen LogP contribution in [0.15, 0.2) is 29.6 Å². The van der Waals surface area contributed by atoms with Gasteiger partial charge >= 0.3 is 0 Å². The van der Waals surface area contributed by atoms with E-state index in [-0.39, 0.29) is 11.3 Å². The van der Waals surface area contributed by atoms with Gasteiger partial charge in [-0.25, -0.2) is 0 Å². The number of hydrogen-bond donors (Lipinski definition) is 1. The first-order chi connectivity index (χ1) is 8.42. The molecular formula is C14H16ClNOS. The van der Waals surface area contributed by atoms with Gasteiger partial charge in [-0.15, -0.1) is 22.9 Å². The zero-order valence-corrected chi connectivity index (χ0v) is 12.2. The van der Waals surface area contributed by atoms with E-state index >= 15 is 0 Å². The quantitative estimate of drug-likeness (QED) is 0.846. The van der Waals surface area contributed by atoms with Crippen molar-refractivity contribution in [2.75, 3.05) is 0 Å². The number of rotatable bonds is 3. The first-order valence-corrected chi connectivity index (χ1v) is 7.16. The lowest BCUT2D eigenvalue weighted by atomic mass is 10.0. The van der Waals surface area contributed by atoms with Gasteiger partial charge in [0.2, 0.25) is 0 Å². The van der Waals surface area contributed by atoms with Crippen LogP contribution in [0.2, 0.25) is 0 Å². The molecule has 1 heterocycles. The van der Waals surface area contributed by atoms with Gasteiger partial charge in [0.15, 0.2) is 0 Å². The summed E-state index contributed by atoms with van der Waals surface area (Å²) in [5.41, 5.74) is 0.294. The fourth-order valence-corrected chi connectivity index (χ4v) is 2.61. The summed E-state index contributed by atoms with van der Waals surface area (Å²) in [5, 5.41) is 5.75. The van der Waals surface area contributed by atoms with Gasteiger partial charge in [0.05, 0.1) is 16.5 Å². The average molecular weight is 282 g/mol. The van der Waals surface area contributed by atoms with Crippen LogP contribution < -0.4 is 5.32 Å². The molecule has 0 aliphatic carbocycles. The summed E-state index contributed by atoms with van der Waals surface area (Å²) >= 11 is 7.66. The van der Waals surface area contributed by atoms with Crippen LogP contribution in [0.1, 0.15) is 31.1 Å². The van der Waals surface area contributed by atoms with Crippen molar-refractivity contribution in [1.82, 2.24) is 5.32 Å². The van der Waals surface area contributed by atoms with Gasteiger partial charge in [0.25, 0.3) is 5.91 Å². The number of hydrogen-bond acceptors (Lipinski definition) is 2. The SMILES string of the molecule is CC(Cl)C(C)(C)NC(=O)c1csc2ccccc12. The Morgan fingerprint density at radius 2 is 2.06 bits per heavy atom. The van der Waals surface area contributed by atoms with Crippen LogP contribution in [-0.4, -0.2) is 16.8 Å². The number of benzene rings is 1. The minimum Gasteiger partial charge on any atom is -0.346 e. The van der Waals surface area contributed by atoms with Crippen LogP contribution in [0.3, 0.4) is 0 Å². The summed E-state index contributed by atoms with van der Waals surface area (Å²) in [6.07, 6.45) is 0. The van der Waals surface area contributed by atoms with Gasteiger partial charge in [-0.05, 0) is 26.8 Å². The second kappa shape index (κ2) is 4.90. The lowest BCUT2D eigenvalue weighted by Crippen LogP contribution is -2.48. The largest absolute Gasteiger partial charge is 0.346 e. The Morgan fingerprint density at radius 3 is 2.72 bits per heavy atom. The third-order valence-electron chi connectivity index (χ3n) is 3.16. The zero-order chi connectivity index (χ0) is 13.3. The van der Waals surface area contributed by atoms with Gasteiger partial charge in [0, 0.05) is 15.5 Å². The van der Waals surface area contributed by atoms with E-state index in [0.717, 1.165) is 15.6 Å². The summed E-state index contributed by atoms with van der Waals surface area (Å²) in [4.78, 5) is 12.3. The van der Waals surface area contributed by atoms with E-state index in [9.17, 15) is 4.79 Å². The van der Waals surface area contributed by atoms with Gasteiger partial charge in [-0.2, -0.15) is 0 Å². The van der Waals surface area contributed by atoms with E-state index in [2.05, 4.69) is 5.32 Å². The van der Waals surface area contributed by atoms with Gasteiger partial charge < -0.3 is 5.32 Å². The Hall–Kier alpha value is -1.06. The van der Waals surface area contributed by atoms with Crippen LogP contribution in [0.5, 0.6) is 0 Å². The maximum atomic E-state index is 12.3. The van der Waals surface area contributed by atoms with Crippen LogP contribution in [0.4, 0.5) is 0 Å². The molecular weight excluding hydrogens is 266 g/mol. The van der Waals surface area contributed by atoms with Crippen LogP contribution in [0.25, 0.3) is 10.1 Å². The maximum absolute atomic E-state index is 12.3. The number of thiophene rings is 1. The molecule has 1 aromatic heterocycles. The summed E-state index contributed by atoms with van der Waals surface area (Å²) in [5.74, 6) is -0.0649. The lowest BCUT2D eigenvalue weighted by Gasteiger charge is -2.28. The molecule has 0 radical (unpaired) electrons. The van der Waals surface area contributed by atoms with Crippen molar-refractivity contribution in [3.05, 3.63) is 35.2 Å². The highest BCUT2D eigenvalue weighted by atomic mass is 35.5. The Morgan fingerprint density at radius 1 is 1.39 bits per heavy atom. The molecule has 2 aromatic rings. The number of fused-ring (bicyclic) bond motifs is 1. The van der Waals surface area contributed by atoms with Gasteiger partial charge in [-0.3, -0.25) is 4.79 Å². The second-order valence-electron chi connectivity index (χ2n) is 4.94. The molecule has 0 saturated carbocycles. The van der Waals surface area contributed by atoms with Crippen molar-refractivity contribution in [2.45, 2.75) is 31.7 Å². The molecule has 18 heavy (non-hydrogen) atoms.